The molecule has 2 aromatic rings. The van der Waals surface area contributed by atoms with Crippen LogP contribution in [-0.4, -0.2) is 35.7 Å². The molecule has 0 aromatic heterocycles. The van der Waals surface area contributed by atoms with Crippen LogP contribution < -0.4 is 10.6 Å². The summed E-state index contributed by atoms with van der Waals surface area (Å²) in [5, 5.41) is 5.38. The second kappa shape index (κ2) is 12.7. The molecule has 2 rings (SSSR count). The van der Waals surface area contributed by atoms with Crippen LogP contribution in [0.1, 0.15) is 31.4 Å². The number of alkyl carbamates (subject to hydrolysis) is 1. The first-order valence-electron chi connectivity index (χ1n) is 10.3. The summed E-state index contributed by atoms with van der Waals surface area (Å²) < 4.78 is 5.24. The zero-order chi connectivity index (χ0) is 22.6. The molecule has 7 heteroatoms. The number of ether oxygens (including phenoxy) is 1. The Balaban J connectivity index is 2.01. The quantitative estimate of drug-likeness (QED) is 0.515. The second-order valence-electron chi connectivity index (χ2n) is 7.74. The van der Waals surface area contributed by atoms with E-state index in [-0.39, 0.29) is 24.2 Å². The number of ketones is 1. The van der Waals surface area contributed by atoms with Gasteiger partial charge in [0.2, 0.25) is 5.91 Å². The van der Waals surface area contributed by atoms with E-state index in [1.54, 1.807) is 0 Å². The van der Waals surface area contributed by atoms with Crippen LogP contribution in [0.4, 0.5) is 4.79 Å². The molecule has 0 unspecified atom stereocenters. The molecule has 0 saturated heterocycles. The van der Waals surface area contributed by atoms with E-state index in [1.165, 1.54) is 0 Å². The number of Topliss-reactive ketones (excluding diaryl/α,β-unsaturated/α-hetero) is 1. The molecule has 0 radical (unpaired) electrons. The summed E-state index contributed by atoms with van der Waals surface area (Å²) in [5.41, 5.74) is 1.75. The van der Waals surface area contributed by atoms with Gasteiger partial charge in [-0.3, -0.25) is 9.59 Å². The van der Waals surface area contributed by atoms with Crippen molar-refractivity contribution >= 4 is 29.4 Å². The number of benzene rings is 2. The topological polar surface area (TPSA) is 84.5 Å². The number of rotatable bonds is 11. The van der Waals surface area contributed by atoms with Gasteiger partial charge in [0.1, 0.15) is 12.6 Å². The van der Waals surface area contributed by atoms with Gasteiger partial charge >= 0.3 is 6.09 Å². The second-order valence-corrected chi connectivity index (χ2v) is 8.01. The van der Waals surface area contributed by atoms with E-state index in [1.807, 2.05) is 74.5 Å². The van der Waals surface area contributed by atoms with Crippen molar-refractivity contribution in [3.05, 3.63) is 71.8 Å². The Morgan fingerprint density at radius 3 is 2.00 bits per heavy atom. The summed E-state index contributed by atoms with van der Waals surface area (Å²) in [6.45, 7) is 4.00. The van der Waals surface area contributed by atoms with Crippen molar-refractivity contribution in [1.29, 1.82) is 0 Å². The highest BCUT2D eigenvalue weighted by Gasteiger charge is 2.27. The Morgan fingerprint density at radius 1 is 0.871 bits per heavy atom. The van der Waals surface area contributed by atoms with Crippen LogP contribution in [0.2, 0.25) is 0 Å². The average molecular weight is 445 g/mol. The normalized spacial score (nSPS) is 12.6. The summed E-state index contributed by atoms with van der Waals surface area (Å²) in [6.07, 6.45) is 0.0395. The van der Waals surface area contributed by atoms with Gasteiger partial charge in [-0.05, 0) is 29.9 Å². The molecule has 2 amide bonds. The Hall–Kier alpha value is -2.86. The van der Waals surface area contributed by atoms with Crippen LogP contribution in [0.5, 0.6) is 0 Å². The van der Waals surface area contributed by atoms with Gasteiger partial charge in [0.15, 0.2) is 5.78 Å². The average Bonchev–Trinajstić information content (AvgIpc) is 2.77. The van der Waals surface area contributed by atoms with E-state index < -0.39 is 24.1 Å². The minimum Gasteiger partial charge on any atom is -0.445 e. The first-order chi connectivity index (χ1) is 14.9. The summed E-state index contributed by atoms with van der Waals surface area (Å²) >= 11 is 5.75. The highest BCUT2D eigenvalue weighted by molar-refractivity contribution is 6.28. The Morgan fingerprint density at radius 2 is 1.45 bits per heavy atom. The SMILES string of the molecule is CC(C)C[C@@H](NC(=O)OCc1ccccc1)C(=O)N[C@@H](Cc1ccccc1)C(=O)CCl. The van der Waals surface area contributed by atoms with E-state index in [0.717, 1.165) is 11.1 Å². The molecule has 0 bridgehead atoms. The van der Waals surface area contributed by atoms with Gasteiger partial charge in [-0.2, -0.15) is 0 Å². The van der Waals surface area contributed by atoms with Gasteiger partial charge in [0, 0.05) is 0 Å². The van der Waals surface area contributed by atoms with Crippen LogP contribution in [0, 0.1) is 5.92 Å². The molecule has 166 valence electrons. The maximum absolute atomic E-state index is 12.9. The number of carbonyl (C=O) groups is 3. The van der Waals surface area contributed by atoms with E-state index in [0.29, 0.717) is 12.8 Å². The van der Waals surface area contributed by atoms with Crippen molar-refractivity contribution in [3.63, 3.8) is 0 Å². The van der Waals surface area contributed by atoms with Crippen molar-refractivity contribution in [2.45, 2.75) is 45.4 Å². The first kappa shape index (κ1) is 24.4. The summed E-state index contributed by atoms with van der Waals surface area (Å²) in [4.78, 5) is 37.5. The molecule has 2 N–H and O–H groups in total. The van der Waals surface area contributed by atoms with Gasteiger partial charge in [-0.25, -0.2) is 4.79 Å². The molecule has 0 saturated carbocycles. The summed E-state index contributed by atoms with van der Waals surface area (Å²) in [6, 6.07) is 17.0. The lowest BCUT2D eigenvalue weighted by atomic mass is 10.00. The molecule has 31 heavy (non-hydrogen) atoms. The number of hydrogen-bond acceptors (Lipinski definition) is 4. The van der Waals surface area contributed by atoms with Crippen molar-refractivity contribution in [2.75, 3.05) is 5.88 Å². The Labute approximate surface area is 188 Å². The molecular formula is C24H29ClN2O4. The third kappa shape index (κ3) is 8.80. The summed E-state index contributed by atoms with van der Waals surface area (Å²) in [7, 11) is 0. The van der Waals surface area contributed by atoms with Crippen LogP contribution >= 0.6 is 11.6 Å². The highest BCUT2D eigenvalue weighted by atomic mass is 35.5. The third-order valence-electron chi connectivity index (χ3n) is 4.65. The van der Waals surface area contributed by atoms with E-state index >= 15 is 0 Å². The fourth-order valence-corrected chi connectivity index (χ4v) is 3.26. The first-order valence-corrected chi connectivity index (χ1v) is 10.8. The summed E-state index contributed by atoms with van der Waals surface area (Å²) in [5.74, 6) is -0.792. The number of halogens is 1. The van der Waals surface area contributed by atoms with Gasteiger partial charge < -0.3 is 15.4 Å². The molecule has 2 atom stereocenters. The van der Waals surface area contributed by atoms with Gasteiger partial charge in [0.25, 0.3) is 0 Å². The molecule has 0 aliphatic rings. The lowest BCUT2D eigenvalue weighted by molar-refractivity contribution is -0.128. The number of alkyl halides is 1. The van der Waals surface area contributed by atoms with Crippen LogP contribution in [-0.2, 0) is 27.4 Å². The third-order valence-corrected chi connectivity index (χ3v) is 4.91. The van der Waals surface area contributed by atoms with Gasteiger partial charge in [-0.1, -0.05) is 74.5 Å². The standard InChI is InChI=1S/C24H29ClN2O4/c1-17(2)13-21(27-24(30)31-16-19-11-7-4-8-12-19)23(29)26-20(22(28)15-25)14-18-9-5-3-6-10-18/h3-12,17,20-21H,13-16H2,1-2H3,(H,26,29)(H,27,30)/t20-,21+/m0/s1. The van der Waals surface area contributed by atoms with Crippen molar-refractivity contribution in [3.8, 4) is 0 Å². The number of carbonyl (C=O) groups excluding carboxylic acids is 3. The lowest BCUT2D eigenvalue weighted by Gasteiger charge is -2.23. The van der Waals surface area contributed by atoms with Crippen molar-refractivity contribution in [1.82, 2.24) is 10.6 Å². The number of amides is 2. The lowest BCUT2D eigenvalue weighted by Crippen LogP contribution is -2.53. The van der Waals surface area contributed by atoms with Crippen LogP contribution in [0.3, 0.4) is 0 Å². The highest BCUT2D eigenvalue weighted by Crippen LogP contribution is 2.09. The molecule has 0 aliphatic heterocycles. The van der Waals surface area contributed by atoms with Crippen molar-refractivity contribution < 1.29 is 19.1 Å². The van der Waals surface area contributed by atoms with Gasteiger partial charge in [0.05, 0.1) is 11.9 Å². The Bertz CT molecular complexity index is 843. The molecule has 0 spiro atoms. The maximum atomic E-state index is 12.9. The van der Waals surface area contributed by atoms with Gasteiger partial charge in [-0.15, -0.1) is 11.6 Å². The minimum absolute atomic E-state index is 0.101. The molecule has 0 fully saturated rings. The largest absolute Gasteiger partial charge is 0.445 e. The van der Waals surface area contributed by atoms with E-state index in [4.69, 9.17) is 16.3 Å². The van der Waals surface area contributed by atoms with E-state index in [9.17, 15) is 14.4 Å². The smallest absolute Gasteiger partial charge is 0.408 e. The molecule has 0 aliphatic carbocycles. The van der Waals surface area contributed by atoms with Crippen LogP contribution in [0.15, 0.2) is 60.7 Å². The monoisotopic (exact) mass is 444 g/mol. The number of hydrogen-bond donors (Lipinski definition) is 2. The number of nitrogens with one attached hydrogen (secondary N) is 2. The zero-order valence-corrected chi connectivity index (χ0v) is 18.6. The molecule has 2 aromatic carbocycles. The molecular weight excluding hydrogens is 416 g/mol. The predicted molar refractivity (Wildman–Crippen MR) is 121 cm³/mol. The fraction of sp³-hybridized carbons (Fsp3) is 0.375. The van der Waals surface area contributed by atoms with Crippen molar-refractivity contribution in [2.24, 2.45) is 5.92 Å². The fourth-order valence-electron chi connectivity index (χ4n) is 3.07. The Kier molecular flexibility index (Phi) is 10.0. The molecule has 6 nitrogen and oxygen atoms in total. The van der Waals surface area contributed by atoms with E-state index in [2.05, 4.69) is 10.6 Å². The zero-order valence-electron chi connectivity index (χ0n) is 17.8. The minimum atomic E-state index is -0.829. The van der Waals surface area contributed by atoms with Crippen LogP contribution in [0.25, 0.3) is 0 Å². The molecule has 0 heterocycles. The maximum Gasteiger partial charge on any atom is 0.408 e. The predicted octanol–water partition coefficient (Wildman–Crippen LogP) is 3.86.